The van der Waals surface area contributed by atoms with Gasteiger partial charge in [-0.3, -0.25) is 0 Å². The monoisotopic (exact) mass is 285 g/mol. The fourth-order valence-electron chi connectivity index (χ4n) is 1.43. The Balaban J connectivity index is 1.96. The van der Waals surface area contributed by atoms with Gasteiger partial charge in [-0.25, -0.2) is 17.5 Å². The van der Waals surface area contributed by atoms with E-state index in [9.17, 15) is 12.8 Å². The molecule has 1 aromatic heterocycles. The lowest BCUT2D eigenvalue weighted by Crippen LogP contribution is -2.26. The molecule has 1 heterocycles. The maximum atomic E-state index is 12.7. The molecule has 6 nitrogen and oxygen atoms in total. The van der Waals surface area contributed by atoms with Gasteiger partial charge >= 0.3 is 0 Å². The molecule has 0 bridgehead atoms. The summed E-state index contributed by atoms with van der Waals surface area (Å²) in [6.07, 6.45) is 0.293. The van der Waals surface area contributed by atoms with E-state index in [1.807, 2.05) is 0 Å². The Morgan fingerprint density at radius 2 is 2.00 bits per heavy atom. The predicted molar refractivity (Wildman–Crippen MR) is 64.3 cm³/mol. The molecule has 8 heteroatoms. The topological polar surface area (TPSA) is 85.1 Å². The predicted octanol–water partition coefficient (Wildman–Crippen LogP) is 1.04. The molecule has 0 atom stereocenters. The zero-order valence-electron chi connectivity index (χ0n) is 10.1. The first-order valence-electron chi connectivity index (χ1n) is 5.52. The zero-order chi connectivity index (χ0) is 13.9. The summed E-state index contributed by atoms with van der Waals surface area (Å²) in [6, 6.07) is 4.59. The first-order valence-corrected chi connectivity index (χ1v) is 7.00. The number of nitrogens with zero attached hydrogens (tertiary/aromatic N) is 2. The lowest BCUT2D eigenvalue weighted by atomic mass is 10.4. The molecule has 0 fully saturated rings. The van der Waals surface area contributed by atoms with E-state index in [0.717, 1.165) is 12.1 Å². The quantitative estimate of drug-likeness (QED) is 0.887. The number of hydrogen-bond donors (Lipinski definition) is 1. The van der Waals surface area contributed by atoms with E-state index < -0.39 is 15.8 Å². The van der Waals surface area contributed by atoms with Crippen LogP contribution in [0, 0.1) is 12.7 Å². The van der Waals surface area contributed by atoms with Gasteiger partial charge in [0, 0.05) is 13.0 Å². The Bertz CT molecular complexity index is 652. The second kappa shape index (κ2) is 5.45. The molecule has 1 aromatic carbocycles. The third-order valence-corrected chi connectivity index (χ3v) is 3.80. The summed E-state index contributed by atoms with van der Waals surface area (Å²) in [5, 5.41) is 3.59. The first-order chi connectivity index (χ1) is 8.97. The van der Waals surface area contributed by atoms with E-state index in [2.05, 4.69) is 14.9 Å². The molecular weight excluding hydrogens is 273 g/mol. The highest BCUT2D eigenvalue weighted by Gasteiger charge is 2.14. The van der Waals surface area contributed by atoms with Crippen molar-refractivity contribution >= 4 is 10.0 Å². The van der Waals surface area contributed by atoms with Crippen molar-refractivity contribution in [1.82, 2.24) is 14.9 Å². The number of aromatic nitrogens is 2. The van der Waals surface area contributed by atoms with Gasteiger partial charge in [0.05, 0.1) is 4.90 Å². The molecule has 2 rings (SSSR count). The number of aryl methyl sites for hydroxylation is 1. The van der Waals surface area contributed by atoms with Gasteiger partial charge in [0.25, 0.3) is 0 Å². The number of sulfonamides is 1. The van der Waals surface area contributed by atoms with Gasteiger partial charge in [-0.2, -0.15) is 4.98 Å². The second-order valence-electron chi connectivity index (χ2n) is 3.84. The van der Waals surface area contributed by atoms with E-state index in [1.165, 1.54) is 12.1 Å². The van der Waals surface area contributed by atoms with Crippen molar-refractivity contribution in [3.63, 3.8) is 0 Å². The third kappa shape index (κ3) is 3.58. The highest BCUT2D eigenvalue weighted by Crippen LogP contribution is 2.09. The Morgan fingerprint density at radius 1 is 1.32 bits per heavy atom. The lowest BCUT2D eigenvalue weighted by molar-refractivity contribution is 0.375. The molecule has 19 heavy (non-hydrogen) atoms. The summed E-state index contributed by atoms with van der Waals surface area (Å²) in [4.78, 5) is 3.96. The molecule has 0 radical (unpaired) electrons. The molecule has 102 valence electrons. The maximum Gasteiger partial charge on any atom is 0.240 e. The van der Waals surface area contributed by atoms with E-state index in [0.29, 0.717) is 18.1 Å². The molecule has 0 aliphatic heterocycles. The van der Waals surface area contributed by atoms with Gasteiger partial charge in [0.15, 0.2) is 5.82 Å². The molecule has 0 amide bonds. The van der Waals surface area contributed by atoms with Crippen molar-refractivity contribution in [2.45, 2.75) is 18.2 Å². The first kappa shape index (κ1) is 13.6. The standard InChI is InChI=1S/C11H12FN3O3S/c1-8-14-11(18-15-8)6-7-13-19(16,17)10-4-2-9(12)3-5-10/h2-5,13H,6-7H2,1H3. The number of rotatable bonds is 5. The van der Waals surface area contributed by atoms with Crippen LogP contribution in [0.25, 0.3) is 0 Å². The fraction of sp³-hybridized carbons (Fsp3) is 0.273. The number of benzene rings is 1. The van der Waals surface area contributed by atoms with Crippen LogP contribution in [0.5, 0.6) is 0 Å². The summed E-state index contributed by atoms with van der Waals surface area (Å²) in [6.45, 7) is 1.80. The Kier molecular flexibility index (Phi) is 3.91. The van der Waals surface area contributed by atoms with Crippen LogP contribution in [0.4, 0.5) is 4.39 Å². The number of halogens is 1. The summed E-state index contributed by atoms with van der Waals surface area (Å²) in [5.41, 5.74) is 0. The summed E-state index contributed by atoms with van der Waals surface area (Å²) in [7, 11) is -3.65. The SMILES string of the molecule is Cc1noc(CCNS(=O)(=O)c2ccc(F)cc2)n1. The molecule has 0 aliphatic carbocycles. The van der Waals surface area contributed by atoms with Crippen molar-refractivity contribution in [3.8, 4) is 0 Å². The average Bonchev–Trinajstić information content (AvgIpc) is 2.75. The van der Waals surface area contributed by atoms with E-state index in [-0.39, 0.29) is 11.4 Å². The third-order valence-electron chi connectivity index (χ3n) is 2.32. The molecular formula is C11H12FN3O3S. The molecule has 0 saturated carbocycles. The van der Waals surface area contributed by atoms with Gasteiger partial charge in [0.2, 0.25) is 15.9 Å². The van der Waals surface area contributed by atoms with Gasteiger partial charge in [0.1, 0.15) is 5.82 Å². The van der Waals surface area contributed by atoms with Crippen LogP contribution >= 0.6 is 0 Å². The van der Waals surface area contributed by atoms with Crippen molar-refractivity contribution in [2.24, 2.45) is 0 Å². The van der Waals surface area contributed by atoms with E-state index >= 15 is 0 Å². The highest BCUT2D eigenvalue weighted by atomic mass is 32.2. The Hall–Kier alpha value is -1.80. The molecule has 0 unspecified atom stereocenters. The van der Waals surface area contributed by atoms with Crippen LogP contribution in [-0.4, -0.2) is 25.1 Å². The fourth-order valence-corrected chi connectivity index (χ4v) is 2.46. The van der Waals surface area contributed by atoms with Crippen molar-refractivity contribution < 1.29 is 17.3 Å². The molecule has 1 N–H and O–H groups in total. The van der Waals surface area contributed by atoms with Crippen LogP contribution in [0.2, 0.25) is 0 Å². The summed E-state index contributed by atoms with van der Waals surface area (Å²) < 4.78 is 43.6. The van der Waals surface area contributed by atoms with Gasteiger partial charge in [-0.15, -0.1) is 0 Å². The zero-order valence-corrected chi connectivity index (χ0v) is 10.9. The van der Waals surface area contributed by atoms with Crippen LogP contribution in [-0.2, 0) is 16.4 Å². The largest absolute Gasteiger partial charge is 0.339 e. The minimum atomic E-state index is -3.65. The highest BCUT2D eigenvalue weighted by molar-refractivity contribution is 7.89. The van der Waals surface area contributed by atoms with Crippen LogP contribution in [0.1, 0.15) is 11.7 Å². The smallest absolute Gasteiger partial charge is 0.240 e. The van der Waals surface area contributed by atoms with Crippen LogP contribution < -0.4 is 4.72 Å². The van der Waals surface area contributed by atoms with Crippen molar-refractivity contribution in [2.75, 3.05) is 6.54 Å². The average molecular weight is 285 g/mol. The van der Waals surface area contributed by atoms with Gasteiger partial charge in [-0.1, -0.05) is 5.16 Å². The number of nitrogens with one attached hydrogen (secondary N) is 1. The van der Waals surface area contributed by atoms with E-state index in [1.54, 1.807) is 6.92 Å². The van der Waals surface area contributed by atoms with Crippen LogP contribution in [0.15, 0.2) is 33.7 Å². The normalized spacial score (nSPS) is 11.7. The Morgan fingerprint density at radius 3 is 2.58 bits per heavy atom. The van der Waals surface area contributed by atoms with Crippen LogP contribution in [0.3, 0.4) is 0 Å². The van der Waals surface area contributed by atoms with Crippen molar-refractivity contribution in [1.29, 1.82) is 0 Å². The summed E-state index contributed by atoms with van der Waals surface area (Å²) >= 11 is 0. The summed E-state index contributed by atoms with van der Waals surface area (Å²) in [5.74, 6) is 0.371. The van der Waals surface area contributed by atoms with E-state index in [4.69, 9.17) is 4.52 Å². The molecule has 0 aliphatic rings. The molecule has 0 saturated heterocycles. The molecule has 2 aromatic rings. The number of hydrogen-bond acceptors (Lipinski definition) is 5. The minimum Gasteiger partial charge on any atom is -0.339 e. The van der Waals surface area contributed by atoms with Crippen molar-refractivity contribution in [3.05, 3.63) is 41.8 Å². The Labute approximate surface area is 109 Å². The minimum absolute atomic E-state index is 0.00982. The lowest BCUT2D eigenvalue weighted by Gasteiger charge is -2.05. The molecule has 0 spiro atoms. The second-order valence-corrected chi connectivity index (χ2v) is 5.60. The van der Waals surface area contributed by atoms with Gasteiger partial charge < -0.3 is 4.52 Å². The van der Waals surface area contributed by atoms with Gasteiger partial charge in [-0.05, 0) is 31.2 Å². The maximum absolute atomic E-state index is 12.7.